The van der Waals surface area contributed by atoms with Gasteiger partial charge in [0.25, 0.3) is 5.91 Å². The maximum Gasteiger partial charge on any atom is 0.255 e. The summed E-state index contributed by atoms with van der Waals surface area (Å²) in [6.45, 7) is 0.574. The summed E-state index contributed by atoms with van der Waals surface area (Å²) in [7, 11) is 1.83. The molecule has 2 aromatic heterocycles. The van der Waals surface area contributed by atoms with Gasteiger partial charge < -0.3 is 9.88 Å². The van der Waals surface area contributed by atoms with Crippen LogP contribution in [0, 0.1) is 0 Å². The van der Waals surface area contributed by atoms with E-state index < -0.39 is 0 Å². The van der Waals surface area contributed by atoms with E-state index in [4.69, 9.17) is 0 Å². The molecule has 5 heteroatoms. The van der Waals surface area contributed by atoms with Gasteiger partial charge in [0.1, 0.15) is 0 Å². The van der Waals surface area contributed by atoms with Gasteiger partial charge in [0.2, 0.25) is 0 Å². The molecular weight excluding hydrogens is 240 g/mol. The number of carbonyl (C=O) groups is 1. The lowest BCUT2D eigenvalue weighted by molar-refractivity contribution is 0.0783. The molecule has 19 heavy (non-hydrogen) atoms. The van der Waals surface area contributed by atoms with E-state index in [-0.39, 0.29) is 5.91 Å². The number of carbonyl (C=O) groups excluding carboxylic acids is 1. The molecule has 0 bridgehead atoms. The van der Waals surface area contributed by atoms with Crippen LogP contribution in [0.1, 0.15) is 46.8 Å². The summed E-state index contributed by atoms with van der Waals surface area (Å²) in [5, 5.41) is 6.66. The van der Waals surface area contributed by atoms with Crippen molar-refractivity contribution < 1.29 is 4.79 Å². The predicted octanol–water partition coefficient (Wildman–Crippen LogP) is 2.28. The summed E-state index contributed by atoms with van der Waals surface area (Å²) in [5.74, 6) is 0.612. The fourth-order valence-corrected chi connectivity index (χ4v) is 2.52. The number of amides is 1. The Hall–Kier alpha value is -2.04. The highest BCUT2D eigenvalue weighted by Gasteiger charge is 2.26. The van der Waals surface area contributed by atoms with Gasteiger partial charge in [-0.1, -0.05) is 6.42 Å². The molecule has 0 atom stereocenters. The molecule has 0 unspecified atom stereocenters. The van der Waals surface area contributed by atoms with Crippen LogP contribution in [-0.4, -0.2) is 33.0 Å². The third-order valence-electron chi connectivity index (χ3n) is 3.84. The van der Waals surface area contributed by atoms with Gasteiger partial charge in [0.05, 0.1) is 11.8 Å². The number of rotatable bonds is 4. The second kappa shape index (κ2) is 4.91. The molecule has 1 fully saturated rings. The quantitative estimate of drug-likeness (QED) is 0.883. The molecule has 0 saturated heterocycles. The van der Waals surface area contributed by atoms with E-state index in [1.54, 1.807) is 11.1 Å². The topological polar surface area (TPSA) is 64.8 Å². The molecule has 2 heterocycles. The molecule has 3 rings (SSSR count). The van der Waals surface area contributed by atoms with Gasteiger partial charge in [-0.05, 0) is 24.8 Å². The van der Waals surface area contributed by atoms with Crippen LogP contribution in [0.15, 0.2) is 24.7 Å². The fourth-order valence-electron chi connectivity index (χ4n) is 2.52. The van der Waals surface area contributed by atoms with Crippen LogP contribution >= 0.6 is 0 Å². The number of H-pyrrole nitrogens is 2. The van der Waals surface area contributed by atoms with E-state index >= 15 is 0 Å². The molecule has 1 aliphatic rings. The highest BCUT2D eigenvalue weighted by atomic mass is 16.2. The molecular formula is C14H18N4O. The Labute approximate surface area is 112 Å². The zero-order valence-corrected chi connectivity index (χ0v) is 11.0. The van der Waals surface area contributed by atoms with Gasteiger partial charge in [0, 0.05) is 37.2 Å². The Kier molecular flexibility index (Phi) is 3.11. The van der Waals surface area contributed by atoms with Gasteiger partial charge in [-0.2, -0.15) is 5.10 Å². The highest BCUT2D eigenvalue weighted by molar-refractivity contribution is 5.95. The molecule has 0 spiro atoms. The first kappa shape index (κ1) is 12.0. The Morgan fingerprint density at radius 1 is 1.53 bits per heavy atom. The number of aromatic nitrogens is 3. The molecule has 1 saturated carbocycles. The Morgan fingerprint density at radius 2 is 2.37 bits per heavy atom. The maximum absolute atomic E-state index is 12.5. The first-order valence-electron chi connectivity index (χ1n) is 6.66. The average Bonchev–Trinajstić information content (AvgIpc) is 2.97. The number of hydrogen-bond donors (Lipinski definition) is 2. The first-order chi connectivity index (χ1) is 9.25. The zero-order valence-electron chi connectivity index (χ0n) is 11.0. The molecule has 0 aliphatic heterocycles. The van der Waals surface area contributed by atoms with E-state index in [0.29, 0.717) is 12.5 Å². The van der Waals surface area contributed by atoms with Gasteiger partial charge in [-0.15, -0.1) is 0 Å². The maximum atomic E-state index is 12.5. The zero-order chi connectivity index (χ0) is 13.2. The van der Waals surface area contributed by atoms with E-state index in [1.807, 2.05) is 25.5 Å². The van der Waals surface area contributed by atoms with Crippen molar-refractivity contribution in [3.63, 3.8) is 0 Å². The summed E-state index contributed by atoms with van der Waals surface area (Å²) >= 11 is 0. The van der Waals surface area contributed by atoms with E-state index in [9.17, 15) is 4.79 Å². The van der Waals surface area contributed by atoms with Crippen LogP contribution in [0.2, 0.25) is 0 Å². The molecule has 1 aliphatic carbocycles. The van der Waals surface area contributed by atoms with Crippen molar-refractivity contribution in [1.82, 2.24) is 20.1 Å². The third-order valence-corrected chi connectivity index (χ3v) is 3.84. The smallest absolute Gasteiger partial charge is 0.255 e. The predicted molar refractivity (Wildman–Crippen MR) is 71.8 cm³/mol. The lowest BCUT2D eigenvalue weighted by atomic mass is 9.81. The molecule has 100 valence electrons. The largest absolute Gasteiger partial charge is 0.364 e. The fraction of sp³-hybridized carbons (Fsp3) is 0.429. The standard InChI is InChI=1S/C14H18N4O/c1-18(9-10-7-16-17-8-10)14(19)12-5-6-15-13(12)11-3-2-4-11/h5-8,11,15H,2-4,9H2,1H3,(H,16,17). The van der Waals surface area contributed by atoms with Gasteiger partial charge in [-0.25, -0.2) is 0 Å². The third kappa shape index (κ3) is 2.28. The number of hydrogen-bond acceptors (Lipinski definition) is 2. The van der Waals surface area contributed by atoms with Crippen LogP contribution in [0.25, 0.3) is 0 Å². The lowest BCUT2D eigenvalue weighted by Gasteiger charge is -2.26. The van der Waals surface area contributed by atoms with Crippen molar-refractivity contribution in [2.75, 3.05) is 7.05 Å². The minimum absolute atomic E-state index is 0.0735. The Balaban J connectivity index is 1.74. The van der Waals surface area contributed by atoms with Crippen LogP contribution in [0.5, 0.6) is 0 Å². The number of nitrogens with one attached hydrogen (secondary N) is 2. The molecule has 1 amide bonds. The lowest BCUT2D eigenvalue weighted by Crippen LogP contribution is -2.27. The number of nitrogens with zero attached hydrogens (tertiary/aromatic N) is 2. The Bertz CT molecular complexity index is 554. The molecule has 0 aromatic carbocycles. The van der Waals surface area contributed by atoms with E-state index in [1.165, 1.54) is 19.3 Å². The minimum atomic E-state index is 0.0735. The monoisotopic (exact) mass is 258 g/mol. The first-order valence-corrected chi connectivity index (χ1v) is 6.66. The average molecular weight is 258 g/mol. The molecule has 2 aromatic rings. The van der Waals surface area contributed by atoms with Crippen LogP contribution in [-0.2, 0) is 6.54 Å². The summed E-state index contributed by atoms with van der Waals surface area (Å²) in [5.41, 5.74) is 2.93. The second-order valence-electron chi connectivity index (χ2n) is 5.20. The summed E-state index contributed by atoms with van der Waals surface area (Å²) < 4.78 is 0. The van der Waals surface area contributed by atoms with Crippen molar-refractivity contribution in [3.05, 3.63) is 41.5 Å². The van der Waals surface area contributed by atoms with Crippen molar-refractivity contribution in [3.8, 4) is 0 Å². The summed E-state index contributed by atoms with van der Waals surface area (Å²) in [4.78, 5) is 17.4. The van der Waals surface area contributed by atoms with Gasteiger partial charge in [0.15, 0.2) is 0 Å². The van der Waals surface area contributed by atoms with Crippen molar-refractivity contribution in [1.29, 1.82) is 0 Å². The SMILES string of the molecule is CN(Cc1cn[nH]c1)C(=O)c1cc[nH]c1C1CCC1. The van der Waals surface area contributed by atoms with Gasteiger partial charge in [-0.3, -0.25) is 9.89 Å². The normalized spacial score (nSPS) is 15.2. The molecule has 2 N–H and O–H groups in total. The highest BCUT2D eigenvalue weighted by Crippen LogP contribution is 2.37. The van der Waals surface area contributed by atoms with Crippen molar-refractivity contribution >= 4 is 5.91 Å². The van der Waals surface area contributed by atoms with Crippen molar-refractivity contribution in [2.24, 2.45) is 0 Å². The summed E-state index contributed by atoms with van der Waals surface area (Å²) in [6.07, 6.45) is 9.06. The second-order valence-corrected chi connectivity index (χ2v) is 5.20. The molecule has 0 radical (unpaired) electrons. The van der Waals surface area contributed by atoms with Crippen LogP contribution in [0.3, 0.4) is 0 Å². The van der Waals surface area contributed by atoms with E-state index in [0.717, 1.165) is 16.8 Å². The van der Waals surface area contributed by atoms with E-state index in [2.05, 4.69) is 15.2 Å². The minimum Gasteiger partial charge on any atom is -0.364 e. The van der Waals surface area contributed by atoms with Gasteiger partial charge >= 0.3 is 0 Å². The molecule has 5 nitrogen and oxygen atoms in total. The Morgan fingerprint density at radius 3 is 3.00 bits per heavy atom. The van der Waals surface area contributed by atoms with Crippen LogP contribution in [0.4, 0.5) is 0 Å². The number of aromatic amines is 2. The summed E-state index contributed by atoms with van der Waals surface area (Å²) in [6, 6.07) is 1.89. The van der Waals surface area contributed by atoms with Crippen molar-refractivity contribution in [2.45, 2.75) is 31.7 Å². The van der Waals surface area contributed by atoms with Crippen LogP contribution < -0.4 is 0 Å².